The molecule has 130 valence electrons. The van der Waals surface area contributed by atoms with Gasteiger partial charge in [0, 0.05) is 36.1 Å². The van der Waals surface area contributed by atoms with Gasteiger partial charge in [-0.2, -0.15) is 0 Å². The first-order valence-corrected chi connectivity index (χ1v) is 9.05. The molecule has 0 aromatic heterocycles. The molecular formula is C21H23NO3. The number of carbonyl (C=O) groups excluding carboxylic acids is 1. The zero-order valence-electron chi connectivity index (χ0n) is 14.3. The fraction of sp³-hybridized carbons (Fsp3) is 0.381. The van der Waals surface area contributed by atoms with Gasteiger partial charge in [0.05, 0.1) is 19.6 Å². The molecule has 2 aromatic rings. The zero-order valence-corrected chi connectivity index (χ0v) is 14.3. The molecule has 2 aliphatic heterocycles. The predicted molar refractivity (Wildman–Crippen MR) is 96.3 cm³/mol. The van der Waals surface area contributed by atoms with Gasteiger partial charge in [0.15, 0.2) is 0 Å². The van der Waals surface area contributed by atoms with Crippen molar-refractivity contribution in [2.24, 2.45) is 0 Å². The van der Waals surface area contributed by atoms with Crippen LogP contribution in [-0.4, -0.2) is 25.7 Å². The predicted octanol–water partition coefficient (Wildman–Crippen LogP) is 2.85. The third-order valence-electron chi connectivity index (χ3n) is 4.90. The van der Waals surface area contributed by atoms with Gasteiger partial charge < -0.3 is 14.8 Å². The van der Waals surface area contributed by atoms with Crippen LogP contribution in [0.25, 0.3) is 0 Å². The van der Waals surface area contributed by atoms with Gasteiger partial charge in [-0.1, -0.05) is 30.3 Å². The number of rotatable bonds is 6. The van der Waals surface area contributed by atoms with E-state index >= 15 is 0 Å². The molecule has 0 unspecified atom stereocenters. The van der Waals surface area contributed by atoms with Crippen molar-refractivity contribution in [1.82, 2.24) is 5.32 Å². The molecule has 1 N–H and O–H groups in total. The molecule has 0 spiro atoms. The van der Waals surface area contributed by atoms with E-state index in [-0.39, 0.29) is 5.91 Å². The molecule has 4 rings (SSSR count). The summed E-state index contributed by atoms with van der Waals surface area (Å²) in [6, 6.07) is 12.4. The van der Waals surface area contributed by atoms with E-state index in [1.807, 2.05) is 18.2 Å². The van der Waals surface area contributed by atoms with Crippen molar-refractivity contribution in [3.8, 4) is 11.5 Å². The number of ether oxygens (including phenoxy) is 2. The number of benzene rings is 2. The summed E-state index contributed by atoms with van der Waals surface area (Å²) in [5.41, 5.74) is 4.66. The van der Waals surface area contributed by atoms with Gasteiger partial charge in [0.1, 0.15) is 11.5 Å². The van der Waals surface area contributed by atoms with Gasteiger partial charge in [-0.25, -0.2) is 0 Å². The number of nitrogens with one attached hydrogen (secondary N) is 1. The van der Waals surface area contributed by atoms with Crippen molar-refractivity contribution in [3.63, 3.8) is 0 Å². The average molecular weight is 337 g/mol. The van der Waals surface area contributed by atoms with E-state index in [1.54, 1.807) is 0 Å². The Morgan fingerprint density at radius 3 is 2.80 bits per heavy atom. The zero-order chi connectivity index (χ0) is 17.1. The minimum absolute atomic E-state index is 0.0612. The molecule has 0 saturated carbocycles. The van der Waals surface area contributed by atoms with Gasteiger partial charge >= 0.3 is 0 Å². The van der Waals surface area contributed by atoms with Crippen molar-refractivity contribution in [3.05, 3.63) is 58.7 Å². The monoisotopic (exact) mass is 337 g/mol. The molecule has 4 nitrogen and oxygen atoms in total. The van der Waals surface area contributed by atoms with Gasteiger partial charge in [0.25, 0.3) is 0 Å². The molecule has 2 heterocycles. The van der Waals surface area contributed by atoms with Crippen LogP contribution in [0.1, 0.15) is 28.7 Å². The highest BCUT2D eigenvalue weighted by molar-refractivity contribution is 5.80. The van der Waals surface area contributed by atoms with Crippen LogP contribution in [0, 0.1) is 0 Å². The lowest BCUT2D eigenvalue weighted by molar-refractivity contribution is -0.120. The number of carbonyl (C=O) groups is 1. The summed E-state index contributed by atoms with van der Waals surface area (Å²) in [5, 5.41) is 3.05. The van der Waals surface area contributed by atoms with Gasteiger partial charge in [-0.3, -0.25) is 4.79 Å². The summed E-state index contributed by atoms with van der Waals surface area (Å²) in [4.78, 5) is 12.4. The molecule has 0 radical (unpaired) electrons. The van der Waals surface area contributed by atoms with Gasteiger partial charge in [-0.15, -0.1) is 0 Å². The number of hydrogen-bond donors (Lipinski definition) is 1. The molecule has 25 heavy (non-hydrogen) atoms. The molecule has 0 atom stereocenters. The van der Waals surface area contributed by atoms with Crippen molar-refractivity contribution < 1.29 is 14.3 Å². The summed E-state index contributed by atoms with van der Waals surface area (Å²) < 4.78 is 11.5. The lowest BCUT2D eigenvalue weighted by Crippen LogP contribution is -2.27. The van der Waals surface area contributed by atoms with Crippen LogP contribution in [0.5, 0.6) is 11.5 Å². The lowest BCUT2D eigenvalue weighted by atomic mass is 9.97. The summed E-state index contributed by atoms with van der Waals surface area (Å²) in [7, 11) is 0. The first-order chi connectivity index (χ1) is 12.3. The molecular weight excluding hydrogens is 314 g/mol. The van der Waals surface area contributed by atoms with E-state index in [0.717, 1.165) is 48.3 Å². The Morgan fingerprint density at radius 2 is 1.92 bits per heavy atom. The Balaban J connectivity index is 1.35. The van der Waals surface area contributed by atoms with E-state index < -0.39 is 0 Å². The summed E-state index contributed by atoms with van der Waals surface area (Å²) >= 11 is 0. The first-order valence-electron chi connectivity index (χ1n) is 9.05. The van der Waals surface area contributed by atoms with Crippen molar-refractivity contribution in [2.75, 3.05) is 19.8 Å². The van der Waals surface area contributed by atoms with Crippen LogP contribution >= 0.6 is 0 Å². The molecule has 0 fully saturated rings. The minimum atomic E-state index is 0.0612. The van der Waals surface area contributed by atoms with Gasteiger partial charge in [-0.05, 0) is 24.5 Å². The maximum absolute atomic E-state index is 12.4. The van der Waals surface area contributed by atoms with Crippen LogP contribution in [0.4, 0.5) is 0 Å². The van der Waals surface area contributed by atoms with E-state index in [1.165, 1.54) is 11.1 Å². The molecule has 0 saturated heterocycles. The Hall–Kier alpha value is -2.49. The number of amides is 1. The lowest BCUT2D eigenvalue weighted by Gasteiger charge is -2.13. The molecule has 0 bridgehead atoms. The van der Waals surface area contributed by atoms with Crippen molar-refractivity contribution in [2.45, 2.75) is 32.1 Å². The second-order valence-corrected chi connectivity index (χ2v) is 6.63. The minimum Gasteiger partial charge on any atom is -0.493 e. The van der Waals surface area contributed by atoms with Gasteiger partial charge in [0.2, 0.25) is 5.91 Å². The van der Waals surface area contributed by atoms with Crippen LogP contribution in [0.2, 0.25) is 0 Å². The summed E-state index contributed by atoms with van der Waals surface area (Å²) in [6.07, 6.45) is 4.06. The third-order valence-corrected chi connectivity index (χ3v) is 4.90. The number of fused-ring (bicyclic) bond motifs is 2. The largest absolute Gasteiger partial charge is 0.493 e. The normalized spacial score (nSPS) is 14.4. The molecule has 4 heteroatoms. The summed E-state index contributed by atoms with van der Waals surface area (Å²) in [6.45, 7) is 2.09. The number of hydrogen-bond acceptors (Lipinski definition) is 3. The molecule has 2 aromatic carbocycles. The van der Waals surface area contributed by atoms with E-state index in [0.29, 0.717) is 26.2 Å². The van der Waals surface area contributed by atoms with E-state index in [4.69, 9.17) is 9.47 Å². The smallest absolute Gasteiger partial charge is 0.224 e. The second-order valence-electron chi connectivity index (χ2n) is 6.63. The van der Waals surface area contributed by atoms with E-state index in [9.17, 15) is 4.79 Å². The topological polar surface area (TPSA) is 47.6 Å². The summed E-state index contributed by atoms with van der Waals surface area (Å²) in [5.74, 6) is 1.92. The highest BCUT2D eigenvalue weighted by atomic mass is 16.5. The highest BCUT2D eigenvalue weighted by Gasteiger charge is 2.27. The SMILES string of the molecule is O=C(Cc1c2c(cc3c1OCC3)OCC2)NCCCc1ccccc1. The Kier molecular flexibility index (Phi) is 4.59. The number of aryl methyl sites for hydroxylation is 1. The van der Waals surface area contributed by atoms with Crippen LogP contribution in [0.3, 0.4) is 0 Å². The second kappa shape index (κ2) is 7.18. The molecule has 2 aliphatic rings. The van der Waals surface area contributed by atoms with Crippen molar-refractivity contribution in [1.29, 1.82) is 0 Å². The maximum Gasteiger partial charge on any atom is 0.224 e. The quantitative estimate of drug-likeness (QED) is 0.825. The highest BCUT2D eigenvalue weighted by Crippen LogP contribution is 2.40. The Labute approximate surface area is 148 Å². The fourth-order valence-electron chi connectivity index (χ4n) is 3.66. The molecule has 0 aliphatic carbocycles. The third kappa shape index (κ3) is 3.48. The average Bonchev–Trinajstić information content (AvgIpc) is 3.28. The Bertz CT molecular complexity index is 738. The first kappa shape index (κ1) is 16.0. The van der Waals surface area contributed by atoms with Crippen molar-refractivity contribution >= 4 is 5.91 Å². The van der Waals surface area contributed by atoms with Crippen LogP contribution in [0.15, 0.2) is 36.4 Å². The molecule has 1 amide bonds. The van der Waals surface area contributed by atoms with E-state index in [2.05, 4.69) is 23.5 Å². The van der Waals surface area contributed by atoms with Crippen LogP contribution < -0.4 is 14.8 Å². The fourth-order valence-corrected chi connectivity index (χ4v) is 3.66. The maximum atomic E-state index is 12.4. The Morgan fingerprint density at radius 1 is 1.08 bits per heavy atom. The standard InChI is InChI=1S/C21H23NO3/c23-20(22-10-4-7-15-5-2-1-3-6-15)14-18-17-9-12-24-19(17)13-16-8-11-25-21(16)18/h1-3,5-6,13H,4,7-12,14H2,(H,22,23). The van der Waals surface area contributed by atoms with Crippen LogP contribution in [-0.2, 0) is 30.5 Å².